The third-order valence-electron chi connectivity index (χ3n) is 12.2. The number of carbonyl (C=O) groups is 1. The van der Waals surface area contributed by atoms with Crippen molar-refractivity contribution in [3.63, 3.8) is 0 Å². The SMILES string of the molecule is CC/C=C\C/C=C\C/C=C\C/C=C\CCCCCCCCCCCCC(=O)OC(COCCCCCCCCCCCCCCCCCC)COP(=O)(O)OC1C(O)C(O)C(O)C(O)C1O. The first-order chi connectivity index (χ1) is 32.0. The van der Waals surface area contributed by atoms with Crippen LogP contribution in [0.5, 0.6) is 0 Å². The lowest BCUT2D eigenvalue weighted by Crippen LogP contribution is -2.64. The van der Waals surface area contributed by atoms with E-state index in [0.29, 0.717) is 13.0 Å². The Morgan fingerprint density at radius 2 is 0.894 bits per heavy atom. The van der Waals surface area contributed by atoms with Crippen molar-refractivity contribution in [3.8, 4) is 0 Å². The molecule has 0 saturated heterocycles. The molecule has 1 aliphatic carbocycles. The maximum Gasteiger partial charge on any atom is 0.472 e. The summed E-state index contributed by atoms with van der Waals surface area (Å²) in [5.41, 5.74) is 0. The molecule has 0 radical (unpaired) electrons. The maximum absolute atomic E-state index is 12.9. The van der Waals surface area contributed by atoms with Gasteiger partial charge in [-0.2, -0.15) is 0 Å². The van der Waals surface area contributed by atoms with Crippen molar-refractivity contribution >= 4 is 13.8 Å². The number of unbranched alkanes of at least 4 members (excludes halogenated alkanes) is 25. The van der Waals surface area contributed by atoms with Crippen LogP contribution in [0.1, 0.15) is 219 Å². The zero-order valence-corrected chi connectivity index (χ0v) is 42.4. The van der Waals surface area contributed by atoms with E-state index >= 15 is 0 Å². The van der Waals surface area contributed by atoms with Crippen molar-refractivity contribution in [2.24, 2.45) is 0 Å². The first kappa shape index (κ1) is 62.3. The van der Waals surface area contributed by atoms with Crippen LogP contribution >= 0.6 is 7.82 Å². The van der Waals surface area contributed by atoms with Gasteiger partial charge in [0.2, 0.25) is 0 Å². The lowest BCUT2D eigenvalue weighted by molar-refractivity contribution is -0.220. The Morgan fingerprint density at radius 3 is 1.36 bits per heavy atom. The molecule has 0 aromatic carbocycles. The van der Waals surface area contributed by atoms with E-state index in [4.69, 9.17) is 18.5 Å². The first-order valence-electron chi connectivity index (χ1n) is 26.5. The van der Waals surface area contributed by atoms with E-state index in [1.807, 2.05) is 0 Å². The highest BCUT2D eigenvalue weighted by atomic mass is 31.2. The summed E-state index contributed by atoms with van der Waals surface area (Å²) in [5, 5.41) is 50.3. The highest BCUT2D eigenvalue weighted by Gasteiger charge is 2.51. The highest BCUT2D eigenvalue weighted by Crippen LogP contribution is 2.47. The van der Waals surface area contributed by atoms with Gasteiger partial charge in [0, 0.05) is 13.0 Å². The summed E-state index contributed by atoms with van der Waals surface area (Å²) in [5.74, 6) is -0.480. The lowest BCUT2D eigenvalue weighted by Gasteiger charge is -2.41. The van der Waals surface area contributed by atoms with E-state index < -0.39 is 63.1 Å². The van der Waals surface area contributed by atoms with Crippen molar-refractivity contribution < 1.29 is 58.3 Å². The lowest BCUT2D eigenvalue weighted by atomic mass is 9.85. The minimum Gasteiger partial charge on any atom is -0.457 e. The van der Waals surface area contributed by atoms with Crippen molar-refractivity contribution in [3.05, 3.63) is 48.6 Å². The first-order valence-corrected chi connectivity index (χ1v) is 28.0. The molecule has 0 aromatic rings. The van der Waals surface area contributed by atoms with Crippen LogP contribution in [0.3, 0.4) is 0 Å². The fraction of sp³-hybridized carbons (Fsp3) is 0.830. The van der Waals surface area contributed by atoms with Crippen LogP contribution in [0, 0.1) is 0 Å². The Hall–Kier alpha value is -1.70. The average Bonchev–Trinajstić information content (AvgIpc) is 3.30. The molecule has 0 bridgehead atoms. The summed E-state index contributed by atoms with van der Waals surface area (Å²) in [6, 6.07) is 0. The minimum atomic E-state index is -5.02. The van der Waals surface area contributed by atoms with Crippen LogP contribution in [0.2, 0.25) is 0 Å². The van der Waals surface area contributed by atoms with Gasteiger partial charge in [-0.05, 0) is 51.4 Å². The van der Waals surface area contributed by atoms with E-state index in [1.165, 1.54) is 122 Å². The van der Waals surface area contributed by atoms with Gasteiger partial charge in [0.1, 0.15) is 42.7 Å². The number of phosphoric acid groups is 1. The van der Waals surface area contributed by atoms with Crippen molar-refractivity contribution in [1.82, 2.24) is 0 Å². The van der Waals surface area contributed by atoms with Crippen LogP contribution < -0.4 is 0 Å². The van der Waals surface area contributed by atoms with E-state index in [1.54, 1.807) is 0 Å². The van der Waals surface area contributed by atoms with Gasteiger partial charge in [-0.1, -0.05) is 210 Å². The molecule has 1 saturated carbocycles. The smallest absolute Gasteiger partial charge is 0.457 e. The molecule has 386 valence electrons. The molecule has 1 rings (SSSR count). The standard InChI is InChI=1S/C53H97O12P/c1-3-5-7-9-11-13-15-17-19-21-22-23-24-25-26-27-28-30-32-34-36-38-40-42-47(54)64-46(45-63-66(60,61)65-53-51(58)49(56)48(55)50(57)52(53)59)44-62-43-41-39-37-35-33-31-29-20-18-16-14-12-10-8-6-4-2/h5,7,11,13,17,19,22-23,46,48-53,55-59H,3-4,6,8-10,12,14-16,18,20-21,24-45H2,1-2H3,(H,60,61)/b7-5-,13-11-,19-17-,23-22-. The summed E-state index contributed by atoms with van der Waals surface area (Å²) in [6.45, 7) is 4.18. The summed E-state index contributed by atoms with van der Waals surface area (Å²) in [4.78, 5) is 23.3. The number of phosphoric ester groups is 1. The number of aliphatic hydroxyl groups excluding tert-OH is 5. The number of allylic oxidation sites excluding steroid dienone is 8. The number of hydrogen-bond acceptors (Lipinski definition) is 11. The van der Waals surface area contributed by atoms with Crippen LogP contribution in [-0.2, 0) is 27.9 Å². The van der Waals surface area contributed by atoms with Gasteiger partial charge in [0.05, 0.1) is 13.2 Å². The number of carbonyl (C=O) groups excluding carboxylic acids is 1. The number of esters is 1. The number of aliphatic hydroxyl groups is 5. The van der Waals surface area contributed by atoms with Gasteiger partial charge in [-0.15, -0.1) is 0 Å². The summed E-state index contributed by atoms with van der Waals surface area (Å²) >= 11 is 0. The van der Waals surface area contributed by atoms with E-state index in [2.05, 4.69) is 62.5 Å². The number of hydrogen-bond donors (Lipinski definition) is 6. The molecule has 6 unspecified atom stereocenters. The molecule has 0 aliphatic heterocycles. The Balaban J connectivity index is 2.31. The Morgan fingerprint density at radius 1 is 0.500 bits per heavy atom. The molecular formula is C53H97O12P. The predicted octanol–water partition coefficient (Wildman–Crippen LogP) is 12.0. The molecule has 0 amide bonds. The second-order valence-corrected chi connectivity index (χ2v) is 19.8. The third-order valence-corrected chi connectivity index (χ3v) is 13.2. The number of ether oxygens (including phenoxy) is 2. The van der Waals surface area contributed by atoms with Crippen LogP contribution in [0.25, 0.3) is 0 Å². The molecule has 1 fully saturated rings. The van der Waals surface area contributed by atoms with Gasteiger partial charge in [0.15, 0.2) is 0 Å². The average molecular weight is 957 g/mol. The van der Waals surface area contributed by atoms with Gasteiger partial charge >= 0.3 is 13.8 Å². The molecule has 12 nitrogen and oxygen atoms in total. The zero-order chi connectivity index (χ0) is 48.4. The van der Waals surface area contributed by atoms with Crippen LogP contribution in [0.15, 0.2) is 48.6 Å². The summed E-state index contributed by atoms with van der Waals surface area (Å²) in [6.07, 6.45) is 41.7. The third kappa shape index (κ3) is 34.6. The predicted molar refractivity (Wildman–Crippen MR) is 267 cm³/mol. The van der Waals surface area contributed by atoms with Crippen LogP contribution in [-0.4, -0.2) is 98.9 Å². The normalized spacial score (nSPS) is 21.8. The van der Waals surface area contributed by atoms with Gasteiger partial charge in [0.25, 0.3) is 0 Å². The molecule has 1 aliphatic rings. The summed E-state index contributed by atoms with van der Waals surface area (Å²) in [7, 11) is -5.02. The van der Waals surface area contributed by atoms with E-state index in [9.17, 15) is 39.8 Å². The molecule has 6 N–H and O–H groups in total. The molecule has 13 heteroatoms. The molecule has 6 atom stereocenters. The van der Waals surface area contributed by atoms with Crippen molar-refractivity contribution in [2.45, 2.75) is 262 Å². The van der Waals surface area contributed by atoms with Crippen LogP contribution in [0.4, 0.5) is 0 Å². The largest absolute Gasteiger partial charge is 0.472 e. The Labute approximate surface area is 401 Å². The molecule has 0 heterocycles. The Bertz CT molecular complexity index is 1270. The monoisotopic (exact) mass is 957 g/mol. The van der Waals surface area contributed by atoms with Gasteiger partial charge < -0.3 is 39.9 Å². The molecular weight excluding hydrogens is 860 g/mol. The summed E-state index contributed by atoms with van der Waals surface area (Å²) < 4.78 is 34.3. The number of rotatable bonds is 45. The molecule has 66 heavy (non-hydrogen) atoms. The highest BCUT2D eigenvalue weighted by molar-refractivity contribution is 7.47. The van der Waals surface area contributed by atoms with Crippen molar-refractivity contribution in [1.29, 1.82) is 0 Å². The topological polar surface area (TPSA) is 192 Å². The zero-order valence-electron chi connectivity index (χ0n) is 41.5. The van der Waals surface area contributed by atoms with Gasteiger partial charge in [-0.25, -0.2) is 4.57 Å². The fourth-order valence-electron chi connectivity index (χ4n) is 8.05. The van der Waals surface area contributed by atoms with E-state index in [0.717, 1.165) is 70.6 Å². The van der Waals surface area contributed by atoms with E-state index in [-0.39, 0.29) is 13.0 Å². The maximum atomic E-state index is 12.9. The minimum absolute atomic E-state index is 0.0762. The van der Waals surface area contributed by atoms with Crippen molar-refractivity contribution in [2.75, 3.05) is 19.8 Å². The second kappa shape index (κ2) is 43.3. The molecule has 0 aromatic heterocycles. The molecule has 0 spiro atoms. The Kier molecular flexibility index (Phi) is 40.9. The van der Waals surface area contributed by atoms with Gasteiger partial charge in [-0.3, -0.25) is 13.8 Å². The fourth-order valence-corrected chi connectivity index (χ4v) is 9.03. The quantitative estimate of drug-likeness (QED) is 0.0147. The second-order valence-electron chi connectivity index (χ2n) is 18.4.